The Morgan fingerprint density at radius 2 is 1.86 bits per heavy atom. The normalized spacial score (nSPS) is 9.76. The lowest BCUT2D eigenvalue weighted by Crippen LogP contribution is -2.20. The van der Waals surface area contributed by atoms with Gasteiger partial charge >= 0.3 is 0 Å². The second kappa shape index (κ2) is 6.58. The number of benzene rings is 2. The van der Waals surface area contributed by atoms with E-state index >= 15 is 0 Å². The van der Waals surface area contributed by atoms with E-state index in [1.807, 2.05) is 38.1 Å². The van der Waals surface area contributed by atoms with E-state index in [9.17, 15) is 4.79 Å². The highest BCUT2D eigenvalue weighted by atomic mass is 16.5. The Kier molecular flexibility index (Phi) is 4.57. The fourth-order valence-electron chi connectivity index (χ4n) is 2.07. The number of rotatable bonds is 4. The van der Waals surface area contributed by atoms with Crippen LogP contribution in [-0.2, 0) is 4.79 Å². The lowest BCUT2D eigenvalue weighted by atomic mass is 10.1. The molecule has 0 aliphatic rings. The van der Waals surface area contributed by atoms with Gasteiger partial charge < -0.3 is 10.1 Å². The van der Waals surface area contributed by atoms with Crippen LogP contribution in [-0.4, -0.2) is 12.5 Å². The van der Waals surface area contributed by atoms with Crippen molar-refractivity contribution >= 4 is 11.6 Å². The van der Waals surface area contributed by atoms with E-state index in [1.165, 1.54) is 0 Å². The molecule has 0 fully saturated rings. The van der Waals surface area contributed by atoms with E-state index in [0.717, 1.165) is 16.8 Å². The Morgan fingerprint density at radius 1 is 1.19 bits per heavy atom. The second-order valence-corrected chi connectivity index (χ2v) is 4.82. The van der Waals surface area contributed by atoms with Crippen molar-refractivity contribution in [2.24, 2.45) is 0 Å². The number of ether oxygens (including phenoxy) is 1. The fourth-order valence-corrected chi connectivity index (χ4v) is 2.07. The Morgan fingerprint density at radius 3 is 2.52 bits per heavy atom. The molecule has 4 nitrogen and oxygen atoms in total. The van der Waals surface area contributed by atoms with Gasteiger partial charge in [-0.05, 0) is 49.2 Å². The molecule has 0 aliphatic carbocycles. The summed E-state index contributed by atoms with van der Waals surface area (Å²) in [6.07, 6.45) is 0. The molecule has 0 radical (unpaired) electrons. The molecule has 0 unspecified atom stereocenters. The number of aryl methyl sites for hydroxylation is 2. The molecule has 4 heteroatoms. The molecule has 1 N–H and O–H groups in total. The van der Waals surface area contributed by atoms with Crippen LogP contribution in [0.4, 0.5) is 5.69 Å². The molecule has 0 atom stereocenters. The maximum absolute atomic E-state index is 11.9. The smallest absolute Gasteiger partial charge is 0.262 e. The average Bonchev–Trinajstić information content (AvgIpc) is 2.44. The molecule has 2 aromatic rings. The van der Waals surface area contributed by atoms with Gasteiger partial charge in [0.2, 0.25) is 0 Å². The summed E-state index contributed by atoms with van der Waals surface area (Å²) in [5.41, 5.74) is 3.33. The lowest BCUT2D eigenvalue weighted by molar-refractivity contribution is -0.118. The highest BCUT2D eigenvalue weighted by Crippen LogP contribution is 2.17. The first-order chi connectivity index (χ1) is 10.1. The molecule has 1 amide bonds. The molecule has 0 saturated carbocycles. The highest BCUT2D eigenvalue weighted by molar-refractivity contribution is 5.92. The largest absolute Gasteiger partial charge is 0.482 e. The quantitative estimate of drug-likeness (QED) is 0.935. The zero-order valence-corrected chi connectivity index (χ0v) is 12.0. The molecule has 21 heavy (non-hydrogen) atoms. The van der Waals surface area contributed by atoms with Crippen molar-refractivity contribution in [2.45, 2.75) is 13.8 Å². The van der Waals surface area contributed by atoms with Gasteiger partial charge in [-0.2, -0.15) is 5.26 Å². The third-order valence-corrected chi connectivity index (χ3v) is 2.87. The molecule has 0 aliphatic heterocycles. The van der Waals surface area contributed by atoms with Gasteiger partial charge in [0.15, 0.2) is 6.61 Å². The van der Waals surface area contributed by atoms with E-state index < -0.39 is 0 Å². The third-order valence-electron chi connectivity index (χ3n) is 2.87. The molecule has 2 rings (SSSR count). The van der Waals surface area contributed by atoms with E-state index in [4.69, 9.17) is 10.00 Å². The Bertz CT molecular complexity index is 682. The number of para-hydroxylation sites is 1. The number of nitrogens with one attached hydrogen (secondary N) is 1. The average molecular weight is 280 g/mol. The monoisotopic (exact) mass is 280 g/mol. The number of amides is 1. The van der Waals surface area contributed by atoms with Crippen LogP contribution in [0.15, 0.2) is 42.5 Å². The van der Waals surface area contributed by atoms with Gasteiger partial charge in [0, 0.05) is 5.69 Å². The summed E-state index contributed by atoms with van der Waals surface area (Å²) in [6.45, 7) is 3.82. The van der Waals surface area contributed by atoms with Gasteiger partial charge in [-0.15, -0.1) is 0 Å². The minimum absolute atomic E-state index is 0.133. The molecule has 0 saturated heterocycles. The maximum Gasteiger partial charge on any atom is 0.262 e. The summed E-state index contributed by atoms with van der Waals surface area (Å²) in [7, 11) is 0. The van der Waals surface area contributed by atoms with Crippen LogP contribution >= 0.6 is 0 Å². The molecular weight excluding hydrogens is 264 g/mol. The first kappa shape index (κ1) is 14.6. The number of anilines is 1. The SMILES string of the molecule is Cc1cc(C)cc(NC(=O)COc2ccccc2C#N)c1. The molecule has 106 valence electrons. The van der Waals surface area contributed by atoms with E-state index in [-0.39, 0.29) is 12.5 Å². The summed E-state index contributed by atoms with van der Waals surface area (Å²) < 4.78 is 5.39. The zero-order chi connectivity index (χ0) is 15.2. The summed E-state index contributed by atoms with van der Waals surface area (Å²) in [5, 5.41) is 11.7. The topological polar surface area (TPSA) is 62.1 Å². The van der Waals surface area contributed by atoms with E-state index in [0.29, 0.717) is 11.3 Å². The van der Waals surface area contributed by atoms with Crippen LogP contribution in [0.3, 0.4) is 0 Å². The van der Waals surface area contributed by atoms with Crippen molar-refractivity contribution in [3.63, 3.8) is 0 Å². The molecule has 2 aromatic carbocycles. The molecular formula is C17H16N2O2. The molecule has 0 aromatic heterocycles. The third kappa shape index (κ3) is 4.08. The van der Waals surface area contributed by atoms with Crippen LogP contribution in [0.1, 0.15) is 16.7 Å². The van der Waals surface area contributed by atoms with Gasteiger partial charge in [-0.3, -0.25) is 4.79 Å². The van der Waals surface area contributed by atoms with Crippen LogP contribution in [0.25, 0.3) is 0 Å². The zero-order valence-electron chi connectivity index (χ0n) is 12.0. The Labute approximate surface area is 124 Å². The van der Waals surface area contributed by atoms with Crippen LogP contribution in [0.2, 0.25) is 0 Å². The fraction of sp³-hybridized carbons (Fsp3) is 0.176. The highest BCUT2D eigenvalue weighted by Gasteiger charge is 2.07. The summed E-state index contributed by atoms with van der Waals surface area (Å²) in [6, 6.07) is 14.7. The van der Waals surface area contributed by atoms with Crippen molar-refractivity contribution < 1.29 is 9.53 Å². The van der Waals surface area contributed by atoms with Gasteiger partial charge in [0.05, 0.1) is 5.56 Å². The summed E-state index contributed by atoms with van der Waals surface area (Å²) >= 11 is 0. The summed E-state index contributed by atoms with van der Waals surface area (Å²) in [4.78, 5) is 11.9. The maximum atomic E-state index is 11.9. The van der Waals surface area contributed by atoms with Crippen molar-refractivity contribution in [3.05, 3.63) is 59.2 Å². The molecule has 0 bridgehead atoms. The first-order valence-corrected chi connectivity index (χ1v) is 6.58. The van der Waals surface area contributed by atoms with Crippen molar-refractivity contribution in [1.82, 2.24) is 0 Å². The van der Waals surface area contributed by atoms with Crippen molar-refractivity contribution in [2.75, 3.05) is 11.9 Å². The molecule has 0 heterocycles. The van der Waals surface area contributed by atoms with Crippen molar-refractivity contribution in [3.8, 4) is 11.8 Å². The minimum Gasteiger partial charge on any atom is -0.482 e. The van der Waals surface area contributed by atoms with Gasteiger partial charge in [0.1, 0.15) is 11.8 Å². The van der Waals surface area contributed by atoms with Crippen LogP contribution in [0, 0.1) is 25.2 Å². The van der Waals surface area contributed by atoms with E-state index in [1.54, 1.807) is 24.3 Å². The number of hydrogen-bond donors (Lipinski definition) is 1. The number of carbonyl (C=O) groups excluding carboxylic acids is 1. The lowest BCUT2D eigenvalue weighted by Gasteiger charge is -2.09. The van der Waals surface area contributed by atoms with Crippen molar-refractivity contribution in [1.29, 1.82) is 5.26 Å². The van der Waals surface area contributed by atoms with Crippen LogP contribution < -0.4 is 10.1 Å². The number of nitrogens with zero attached hydrogens (tertiary/aromatic N) is 1. The predicted octanol–water partition coefficient (Wildman–Crippen LogP) is 3.19. The van der Waals surface area contributed by atoms with Gasteiger partial charge in [0.25, 0.3) is 5.91 Å². The van der Waals surface area contributed by atoms with Crippen LogP contribution in [0.5, 0.6) is 5.75 Å². The number of carbonyl (C=O) groups is 1. The second-order valence-electron chi connectivity index (χ2n) is 4.82. The Balaban J connectivity index is 1.98. The number of nitriles is 1. The predicted molar refractivity (Wildman–Crippen MR) is 81.2 cm³/mol. The minimum atomic E-state index is -0.257. The number of hydrogen-bond acceptors (Lipinski definition) is 3. The van der Waals surface area contributed by atoms with Gasteiger partial charge in [-0.1, -0.05) is 18.2 Å². The van der Waals surface area contributed by atoms with E-state index in [2.05, 4.69) is 5.32 Å². The van der Waals surface area contributed by atoms with Gasteiger partial charge in [-0.25, -0.2) is 0 Å². The summed E-state index contributed by atoms with van der Waals surface area (Å²) in [5.74, 6) is 0.156. The first-order valence-electron chi connectivity index (χ1n) is 6.58. The molecule has 0 spiro atoms. The standard InChI is InChI=1S/C17H16N2O2/c1-12-7-13(2)9-15(8-12)19-17(20)11-21-16-6-4-3-5-14(16)10-18/h3-9H,11H2,1-2H3,(H,19,20). The Hall–Kier alpha value is -2.80.